The quantitative estimate of drug-likeness (QED) is 0.168. The topological polar surface area (TPSA) is 8.17 Å². The van der Waals surface area contributed by atoms with E-state index in [4.69, 9.17) is 0 Å². The Morgan fingerprint density at radius 3 is 1.72 bits per heavy atom. The zero-order chi connectivity index (χ0) is 36.4. The summed E-state index contributed by atoms with van der Waals surface area (Å²) in [4.78, 5) is 2.45. The molecule has 2 aliphatic carbocycles. The molecule has 54 heavy (non-hydrogen) atoms. The van der Waals surface area contributed by atoms with Gasteiger partial charge < -0.3 is 9.47 Å². The summed E-state index contributed by atoms with van der Waals surface area (Å²) in [6, 6.07) is 64.2. The smallest absolute Gasteiger partial charge is 0.0541 e. The molecule has 0 amide bonds. The molecule has 0 N–H and O–H groups in total. The van der Waals surface area contributed by atoms with Crippen molar-refractivity contribution in [2.45, 2.75) is 38.0 Å². The molecule has 8 aromatic rings. The van der Waals surface area contributed by atoms with Gasteiger partial charge in [-0.25, -0.2) is 0 Å². The van der Waals surface area contributed by atoms with Crippen molar-refractivity contribution in [1.29, 1.82) is 0 Å². The number of allylic oxidation sites excluding steroid dienone is 3. The lowest BCUT2D eigenvalue weighted by atomic mass is 9.70. The number of nitrogens with zero attached hydrogens (tertiary/aromatic N) is 2. The molecule has 0 radical (unpaired) electrons. The van der Waals surface area contributed by atoms with Crippen LogP contribution >= 0.6 is 0 Å². The van der Waals surface area contributed by atoms with E-state index >= 15 is 0 Å². The fourth-order valence-corrected chi connectivity index (χ4v) is 9.41. The van der Waals surface area contributed by atoms with E-state index in [0.29, 0.717) is 0 Å². The van der Waals surface area contributed by atoms with Crippen LogP contribution < -0.4 is 4.90 Å². The number of benzene rings is 7. The van der Waals surface area contributed by atoms with Crippen molar-refractivity contribution in [3.8, 4) is 27.9 Å². The summed E-state index contributed by atoms with van der Waals surface area (Å²) in [5, 5.41) is 2.53. The first-order valence-electron chi connectivity index (χ1n) is 19.1. The van der Waals surface area contributed by atoms with Crippen molar-refractivity contribution < 1.29 is 0 Å². The first-order valence-corrected chi connectivity index (χ1v) is 19.1. The van der Waals surface area contributed by atoms with E-state index in [1.165, 1.54) is 72.1 Å². The summed E-state index contributed by atoms with van der Waals surface area (Å²) in [6.45, 7) is 7.23. The first kappa shape index (κ1) is 32.3. The Morgan fingerprint density at radius 2 is 1.02 bits per heavy atom. The Morgan fingerprint density at radius 1 is 0.481 bits per heavy atom. The molecular formula is C52H42N2. The molecule has 1 heterocycles. The maximum Gasteiger partial charge on any atom is 0.0541 e. The SMILES string of the molecule is CC1(C)C2=CC(N(c3ccc(-c4ccccc4)cc3)c3ccc(-c4ccc5c(c4)c4ccccc4n5-c4ccccc4)cc3)=CCC2(C)c2ccccc21. The molecule has 0 aliphatic heterocycles. The van der Waals surface area contributed by atoms with Crippen LogP contribution in [0, 0.1) is 0 Å². The van der Waals surface area contributed by atoms with Crippen molar-refractivity contribution in [3.05, 3.63) is 210 Å². The lowest BCUT2D eigenvalue weighted by Crippen LogP contribution is -2.30. The van der Waals surface area contributed by atoms with Gasteiger partial charge in [-0.1, -0.05) is 148 Å². The zero-order valence-electron chi connectivity index (χ0n) is 31.0. The highest BCUT2D eigenvalue weighted by molar-refractivity contribution is 6.10. The van der Waals surface area contributed by atoms with E-state index in [9.17, 15) is 0 Å². The summed E-state index contributed by atoms with van der Waals surface area (Å²) >= 11 is 0. The van der Waals surface area contributed by atoms with Crippen LogP contribution in [0.5, 0.6) is 0 Å². The van der Waals surface area contributed by atoms with Gasteiger partial charge in [0.1, 0.15) is 0 Å². The molecule has 10 rings (SSSR count). The fraction of sp³-hybridized carbons (Fsp3) is 0.115. The van der Waals surface area contributed by atoms with Crippen molar-refractivity contribution in [1.82, 2.24) is 4.57 Å². The van der Waals surface area contributed by atoms with E-state index in [1.807, 2.05) is 0 Å². The third-order valence-electron chi connectivity index (χ3n) is 12.1. The highest BCUT2D eigenvalue weighted by Gasteiger charge is 2.49. The Bertz CT molecular complexity index is 2750. The number of hydrogen-bond donors (Lipinski definition) is 0. The van der Waals surface area contributed by atoms with Crippen LogP contribution in [0.15, 0.2) is 199 Å². The molecule has 2 nitrogen and oxygen atoms in total. The van der Waals surface area contributed by atoms with Crippen LogP contribution in [0.3, 0.4) is 0 Å². The maximum absolute atomic E-state index is 2.49. The number of hydrogen-bond acceptors (Lipinski definition) is 1. The van der Waals surface area contributed by atoms with E-state index in [2.05, 4.69) is 218 Å². The van der Waals surface area contributed by atoms with Crippen molar-refractivity contribution in [2.75, 3.05) is 4.90 Å². The summed E-state index contributed by atoms with van der Waals surface area (Å²) in [6.07, 6.45) is 5.90. The molecule has 0 bridgehead atoms. The summed E-state index contributed by atoms with van der Waals surface area (Å²) < 4.78 is 2.38. The van der Waals surface area contributed by atoms with Crippen LogP contribution in [0.4, 0.5) is 11.4 Å². The number of aromatic nitrogens is 1. The highest BCUT2D eigenvalue weighted by atomic mass is 15.1. The minimum atomic E-state index is -0.0557. The normalized spacial score (nSPS) is 17.2. The molecule has 2 heteroatoms. The van der Waals surface area contributed by atoms with Gasteiger partial charge in [-0.2, -0.15) is 0 Å². The molecule has 260 valence electrons. The van der Waals surface area contributed by atoms with E-state index in [-0.39, 0.29) is 10.8 Å². The molecule has 1 unspecified atom stereocenters. The largest absolute Gasteiger partial charge is 0.311 e. The number of anilines is 2. The summed E-state index contributed by atoms with van der Waals surface area (Å²) in [5.41, 5.74) is 16.3. The molecule has 0 saturated carbocycles. The predicted octanol–water partition coefficient (Wildman–Crippen LogP) is 13.7. The second-order valence-electron chi connectivity index (χ2n) is 15.6. The van der Waals surface area contributed by atoms with Crippen molar-refractivity contribution in [2.24, 2.45) is 0 Å². The lowest BCUT2D eigenvalue weighted by molar-refractivity contribution is 0.508. The van der Waals surface area contributed by atoms with Gasteiger partial charge in [-0.05, 0) is 106 Å². The van der Waals surface area contributed by atoms with E-state index in [1.54, 1.807) is 0 Å². The van der Waals surface area contributed by atoms with Gasteiger partial charge in [-0.3, -0.25) is 0 Å². The molecule has 1 aromatic heterocycles. The van der Waals surface area contributed by atoms with Crippen LogP contribution in [0.1, 0.15) is 38.3 Å². The average Bonchev–Trinajstić information content (AvgIpc) is 3.65. The van der Waals surface area contributed by atoms with Crippen LogP contribution in [-0.2, 0) is 10.8 Å². The molecule has 1 atom stereocenters. The second kappa shape index (κ2) is 12.4. The highest BCUT2D eigenvalue weighted by Crippen LogP contribution is 2.57. The number of fused-ring (bicyclic) bond motifs is 6. The zero-order valence-corrected chi connectivity index (χ0v) is 31.0. The minimum Gasteiger partial charge on any atom is -0.311 e. The Kier molecular flexibility index (Phi) is 7.39. The molecule has 7 aromatic carbocycles. The Hall–Kier alpha value is -6.38. The van der Waals surface area contributed by atoms with Gasteiger partial charge in [0, 0.05) is 44.4 Å². The van der Waals surface area contributed by atoms with Gasteiger partial charge in [-0.15, -0.1) is 0 Å². The van der Waals surface area contributed by atoms with E-state index in [0.717, 1.165) is 17.8 Å². The number of rotatable bonds is 6. The van der Waals surface area contributed by atoms with Crippen LogP contribution in [-0.4, -0.2) is 4.57 Å². The number of para-hydroxylation sites is 2. The monoisotopic (exact) mass is 694 g/mol. The maximum atomic E-state index is 2.49. The van der Waals surface area contributed by atoms with Crippen LogP contribution in [0.25, 0.3) is 49.7 Å². The molecule has 2 aliphatic rings. The summed E-state index contributed by atoms with van der Waals surface area (Å²) in [5.74, 6) is 0. The third kappa shape index (κ3) is 5.01. The van der Waals surface area contributed by atoms with Crippen molar-refractivity contribution in [3.63, 3.8) is 0 Å². The molecule has 0 spiro atoms. The minimum absolute atomic E-state index is 0.0153. The lowest BCUT2D eigenvalue weighted by Gasteiger charge is -2.37. The van der Waals surface area contributed by atoms with Crippen LogP contribution in [0.2, 0.25) is 0 Å². The Labute approximate surface area is 318 Å². The van der Waals surface area contributed by atoms with Gasteiger partial charge in [0.05, 0.1) is 11.0 Å². The average molecular weight is 695 g/mol. The van der Waals surface area contributed by atoms with E-state index < -0.39 is 0 Å². The molecular weight excluding hydrogens is 653 g/mol. The first-order chi connectivity index (χ1) is 26.4. The van der Waals surface area contributed by atoms with Gasteiger partial charge in [0.15, 0.2) is 0 Å². The molecule has 0 fully saturated rings. The molecule has 0 saturated heterocycles. The van der Waals surface area contributed by atoms with Crippen molar-refractivity contribution >= 4 is 33.2 Å². The standard InChI is InChI=1S/C52H42N2/c1-51(2)46-19-11-12-20-47(46)52(3)33-32-43(35-50(51)52)53(41-27-22-37(23-28-41)36-14-6-4-7-15-36)42-29-24-38(25-30-42)39-26-31-49-45(34-39)44-18-10-13-21-48(44)54(49)40-16-8-5-9-17-40/h4-32,34-35H,33H2,1-3H3. The second-order valence-corrected chi connectivity index (χ2v) is 15.6. The Balaban J connectivity index is 1.06. The van der Waals surface area contributed by atoms with Gasteiger partial charge in [0.2, 0.25) is 0 Å². The third-order valence-corrected chi connectivity index (χ3v) is 12.1. The predicted molar refractivity (Wildman–Crippen MR) is 228 cm³/mol. The van der Waals surface area contributed by atoms with Gasteiger partial charge in [0.25, 0.3) is 0 Å². The fourth-order valence-electron chi connectivity index (χ4n) is 9.41. The van der Waals surface area contributed by atoms with Gasteiger partial charge >= 0.3 is 0 Å². The summed E-state index contributed by atoms with van der Waals surface area (Å²) in [7, 11) is 0.